The third-order valence-electron chi connectivity index (χ3n) is 3.19. The molecule has 1 N–H and O–H groups in total. The van der Waals surface area contributed by atoms with Crippen LogP contribution in [0.1, 0.15) is 32.7 Å². The summed E-state index contributed by atoms with van der Waals surface area (Å²) in [7, 11) is 1.55. The summed E-state index contributed by atoms with van der Waals surface area (Å²) in [6, 6.07) is 13.2. The summed E-state index contributed by atoms with van der Waals surface area (Å²) >= 11 is 0. The lowest BCUT2D eigenvalue weighted by atomic mass is 10.0. The van der Waals surface area contributed by atoms with Crippen LogP contribution >= 0.6 is 0 Å². The molecule has 0 heterocycles. The van der Waals surface area contributed by atoms with Gasteiger partial charge in [0.05, 0.1) is 20.1 Å². The lowest BCUT2D eigenvalue weighted by molar-refractivity contribution is 0.0894. The third kappa shape index (κ3) is 3.77. The van der Waals surface area contributed by atoms with Gasteiger partial charge in [-0.05, 0) is 29.8 Å². The van der Waals surface area contributed by atoms with Gasteiger partial charge >= 0.3 is 0 Å². The van der Waals surface area contributed by atoms with Gasteiger partial charge in [0.2, 0.25) is 0 Å². The summed E-state index contributed by atoms with van der Waals surface area (Å²) in [6.45, 7) is -0.0702. The fourth-order valence-corrected chi connectivity index (χ4v) is 1.92. The van der Waals surface area contributed by atoms with E-state index in [0.29, 0.717) is 16.9 Å². The van der Waals surface area contributed by atoms with Crippen molar-refractivity contribution in [1.29, 1.82) is 0 Å². The molecule has 21 heavy (non-hydrogen) atoms. The van der Waals surface area contributed by atoms with Crippen LogP contribution in [0, 0.1) is 0 Å². The third-order valence-corrected chi connectivity index (χ3v) is 3.19. The largest absolute Gasteiger partial charge is 0.497 e. The molecular formula is C17H16O4. The van der Waals surface area contributed by atoms with Crippen molar-refractivity contribution in [3.05, 3.63) is 65.2 Å². The van der Waals surface area contributed by atoms with Crippen molar-refractivity contribution in [1.82, 2.24) is 0 Å². The summed E-state index contributed by atoms with van der Waals surface area (Å²) in [5, 5.41) is 8.95. The second-order valence-electron chi connectivity index (χ2n) is 4.61. The fourth-order valence-electron chi connectivity index (χ4n) is 1.92. The Labute approximate surface area is 123 Å². The second kappa shape index (κ2) is 6.81. The van der Waals surface area contributed by atoms with Gasteiger partial charge in [-0.25, -0.2) is 0 Å². The number of benzene rings is 2. The minimum atomic E-state index is -0.236. The fraction of sp³-hybridized carbons (Fsp3) is 0.176. The lowest BCUT2D eigenvalue weighted by Crippen LogP contribution is -2.08. The zero-order chi connectivity index (χ0) is 15.2. The van der Waals surface area contributed by atoms with Gasteiger partial charge < -0.3 is 9.84 Å². The van der Waals surface area contributed by atoms with Gasteiger partial charge in [-0.3, -0.25) is 9.59 Å². The number of carbonyl (C=O) groups is 2. The van der Waals surface area contributed by atoms with E-state index < -0.39 is 0 Å². The molecule has 108 valence electrons. The summed E-state index contributed by atoms with van der Waals surface area (Å²) in [5.74, 6) is 0.201. The number of rotatable bonds is 6. The molecule has 0 radical (unpaired) electrons. The molecule has 0 saturated carbocycles. The van der Waals surface area contributed by atoms with Crippen molar-refractivity contribution in [2.45, 2.75) is 13.0 Å². The first-order valence-corrected chi connectivity index (χ1v) is 6.54. The van der Waals surface area contributed by atoms with Crippen molar-refractivity contribution >= 4 is 11.6 Å². The zero-order valence-electron chi connectivity index (χ0n) is 11.7. The first-order chi connectivity index (χ1) is 10.1. The second-order valence-corrected chi connectivity index (χ2v) is 4.61. The summed E-state index contributed by atoms with van der Waals surface area (Å²) in [4.78, 5) is 24.1. The molecular weight excluding hydrogens is 268 g/mol. The summed E-state index contributed by atoms with van der Waals surface area (Å²) in [5.41, 5.74) is 1.68. The maximum absolute atomic E-state index is 12.0. The first-order valence-electron chi connectivity index (χ1n) is 6.54. The molecule has 2 rings (SSSR count). The molecule has 0 bridgehead atoms. The van der Waals surface area contributed by atoms with Crippen LogP contribution in [0.25, 0.3) is 0 Å². The van der Waals surface area contributed by atoms with Crippen molar-refractivity contribution in [2.24, 2.45) is 0 Å². The summed E-state index contributed by atoms with van der Waals surface area (Å²) < 4.78 is 5.02. The molecule has 0 fully saturated rings. The maximum Gasteiger partial charge on any atom is 0.170 e. The van der Waals surface area contributed by atoms with Crippen LogP contribution in [-0.4, -0.2) is 23.8 Å². The highest BCUT2D eigenvalue weighted by Gasteiger charge is 2.13. The van der Waals surface area contributed by atoms with E-state index in [1.165, 1.54) is 0 Å². The Morgan fingerprint density at radius 2 is 1.38 bits per heavy atom. The van der Waals surface area contributed by atoms with Crippen LogP contribution in [0.15, 0.2) is 48.5 Å². The molecule has 4 nitrogen and oxygen atoms in total. The van der Waals surface area contributed by atoms with E-state index in [9.17, 15) is 9.59 Å². The highest BCUT2D eigenvalue weighted by atomic mass is 16.5. The van der Waals surface area contributed by atoms with Crippen LogP contribution in [0.5, 0.6) is 5.75 Å². The normalized spacial score (nSPS) is 10.2. The molecule has 2 aromatic rings. The van der Waals surface area contributed by atoms with E-state index in [-0.39, 0.29) is 24.6 Å². The SMILES string of the molecule is COc1ccc(C(=O)CC(=O)c2ccc(CO)cc2)cc1. The molecule has 0 saturated heterocycles. The van der Waals surface area contributed by atoms with E-state index in [0.717, 1.165) is 5.56 Å². The van der Waals surface area contributed by atoms with Gasteiger partial charge in [0.1, 0.15) is 5.75 Å². The van der Waals surface area contributed by atoms with Crippen molar-refractivity contribution in [3.8, 4) is 5.75 Å². The molecule has 0 aliphatic carbocycles. The highest BCUT2D eigenvalue weighted by Crippen LogP contribution is 2.14. The zero-order valence-corrected chi connectivity index (χ0v) is 11.7. The van der Waals surface area contributed by atoms with Crippen LogP contribution in [-0.2, 0) is 6.61 Å². The average molecular weight is 284 g/mol. The number of hydrogen-bond donors (Lipinski definition) is 1. The van der Waals surface area contributed by atoms with E-state index in [1.807, 2.05) is 0 Å². The maximum atomic E-state index is 12.0. The molecule has 0 aliphatic heterocycles. The Balaban J connectivity index is 2.05. The quantitative estimate of drug-likeness (QED) is 0.654. The van der Waals surface area contributed by atoms with Crippen LogP contribution in [0.2, 0.25) is 0 Å². The van der Waals surface area contributed by atoms with Crippen LogP contribution < -0.4 is 4.74 Å². The number of Topliss-reactive ketones (excluding diaryl/α,β-unsaturated/α-hetero) is 2. The Bertz CT molecular complexity index is 569. The number of carbonyl (C=O) groups excluding carboxylic acids is 2. The molecule has 2 aromatic carbocycles. The Morgan fingerprint density at radius 1 is 0.905 bits per heavy atom. The highest BCUT2D eigenvalue weighted by molar-refractivity contribution is 6.13. The predicted molar refractivity (Wildman–Crippen MR) is 78.6 cm³/mol. The lowest BCUT2D eigenvalue weighted by Gasteiger charge is -2.04. The number of ketones is 2. The van der Waals surface area contributed by atoms with Gasteiger partial charge in [0.25, 0.3) is 0 Å². The first kappa shape index (κ1) is 14.9. The number of aliphatic hydroxyl groups is 1. The van der Waals surface area contributed by atoms with Crippen molar-refractivity contribution in [3.63, 3.8) is 0 Å². The van der Waals surface area contributed by atoms with Crippen LogP contribution in [0.3, 0.4) is 0 Å². The molecule has 0 aromatic heterocycles. The van der Waals surface area contributed by atoms with Gasteiger partial charge in [0.15, 0.2) is 11.6 Å². The number of methoxy groups -OCH3 is 1. The van der Waals surface area contributed by atoms with Gasteiger partial charge in [-0.1, -0.05) is 24.3 Å². The molecule has 0 amide bonds. The average Bonchev–Trinajstić information content (AvgIpc) is 2.55. The van der Waals surface area contributed by atoms with Gasteiger partial charge in [-0.2, -0.15) is 0 Å². The summed E-state index contributed by atoms with van der Waals surface area (Å²) in [6.07, 6.45) is -0.176. The molecule has 4 heteroatoms. The topological polar surface area (TPSA) is 63.6 Å². The predicted octanol–water partition coefficient (Wildman–Crippen LogP) is 2.64. The molecule has 0 spiro atoms. The van der Waals surface area contributed by atoms with Gasteiger partial charge in [0, 0.05) is 11.1 Å². The molecule has 0 aliphatic rings. The standard InChI is InChI=1S/C17H16O4/c1-21-15-8-6-14(7-9-15)17(20)10-16(19)13-4-2-12(11-18)3-5-13/h2-9,18H,10-11H2,1H3. The van der Waals surface area contributed by atoms with Gasteiger partial charge in [-0.15, -0.1) is 0 Å². The Hall–Kier alpha value is -2.46. The number of aliphatic hydroxyl groups excluding tert-OH is 1. The minimum absolute atomic E-state index is 0.0702. The smallest absolute Gasteiger partial charge is 0.170 e. The molecule has 0 atom stereocenters. The van der Waals surface area contributed by atoms with E-state index in [4.69, 9.17) is 9.84 Å². The Kier molecular flexibility index (Phi) is 4.85. The van der Waals surface area contributed by atoms with E-state index in [1.54, 1.807) is 55.6 Å². The van der Waals surface area contributed by atoms with Crippen LogP contribution in [0.4, 0.5) is 0 Å². The van der Waals surface area contributed by atoms with Crippen molar-refractivity contribution in [2.75, 3.05) is 7.11 Å². The van der Waals surface area contributed by atoms with E-state index >= 15 is 0 Å². The Morgan fingerprint density at radius 3 is 1.81 bits per heavy atom. The monoisotopic (exact) mass is 284 g/mol. The minimum Gasteiger partial charge on any atom is -0.497 e. The van der Waals surface area contributed by atoms with Crippen molar-refractivity contribution < 1.29 is 19.4 Å². The number of hydrogen-bond acceptors (Lipinski definition) is 4. The molecule has 0 unspecified atom stereocenters. The number of ether oxygens (including phenoxy) is 1. The van der Waals surface area contributed by atoms with E-state index in [2.05, 4.69) is 0 Å².